The maximum absolute atomic E-state index is 14.6. The van der Waals surface area contributed by atoms with Gasteiger partial charge in [-0.05, 0) is 71.6 Å². The fourth-order valence-electron chi connectivity index (χ4n) is 3.73. The van der Waals surface area contributed by atoms with Gasteiger partial charge in [-0.1, -0.05) is 6.07 Å². The number of halogens is 1. The average molecular weight is 424 g/mol. The predicted molar refractivity (Wildman–Crippen MR) is 116 cm³/mol. The lowest BCUT2D eigenvalue weighted by molar-refractivity contribution is -0.120. The highest BCUT2D eigenvalue weighted by Crippen LogP contribution is 2.41. The number of nitrogens with one attached hydrogen (secondary N) is 1. The molecule has 0 spiro atoms. The van der Waals surface area contributed by atoms with Gasteiger partial charge < -0.3 is 10.1 Å². The number of hydrogen-bond acceptors (Lipinski definition) is 4. The van der Waals surface area contributed by atoms with E-state index < -0.39 is 5.82 Å². The molecule has 3 aromatic rings. The van der Waals surface area contributed by atoms with Gasteiger partial charge in [-0.15, -0.1) is 0 Å². The number of amides is 1. The van der Waals surface area contributed by atoms with E-state index in [1.54, 1.807) is 17.4 Å². The van der Waals surface area contributed by atoms with E-state index in [9.17, 15) is 14.0 Å². The molecule has 2 aromatic carbocycles. The quantitative estimate of drug-likeness (QED) is 0.584. The Morgan fingerprint density at radius 1 is 1.20 bits per heavy atom. The number of ether oxygens (including phenoxy) is 1. The van der Waals surface area contributed by atoms with Crippen LogP contribution in [0.4, 0.5) is 4.39 Å². The molecule has 1 atom stereocenters. The van der Waals surface area contributed by atoms with E-state index in [2.05, 4.69) is 5.32 Å². The first-order chi connectivity index (χ1) is 14.4. The Morgan fingerprint density at radius 3 is 2.77 bits per heavy atom. The third-order valence-corrected chi connectivity index (χ3v) is 5.91. The second-order valence-electron chi connectivity index (χ2n) is 7.61. The van der Waals surface area contributed by atoms with Crippen molar-refractivity contribution in [2.24, 2.45) is 0 Å². The maximum atomic E-state index is 14.6. The Morgan fingerprint density at radius 2 is 2.03 bits per heavy atom. The standard InChI is InChI=1S/C24H22FNO3S/c1-14-7-18-10-19(12-26-23(28)9-16-5-6-30-13-16)29-24(18)21(8-14)20-11-17(15(2)27)3-4-22(20)25/h3-8,11,13,19H,9-10,12H2,1-2H3,(H,26,28). The molecule has 0 fully saturated rings. The lowest BCUT2D eigenvalue weighted by Gasteiger charge is -2.15. The van der Waals surface area contributed by atoms with Crippen molar-refractivity contribution in [2.45, 2.75) is 32.8 Å². The van der Waals surface area contributed by atoms with Gasteiger partial charge in [-0.25, -0.2) is 4.39 Å². The van der Waals surface area contributed by atoms with Crippen LogP contribution in [0.1, 0.15) is 34.0 Å². The molecule has 6 heteroatoms. The molecule has 4 nitrogen and oxygen atoms in total. The van der Waals surface area contributed by atoms with Gasteiger partial charge in [-0.3, -0.25) is 9.59 Å². The summed E-state index contributed by atoms with van der Waals surface area (Å²) in [5.41, 5.74) is 4.41. The summed E-state index contributed by atoms with van der Waals surface area (Å²) in [4.78, 5) is 23.9. The van der Waals surface area contributed by atoms with Gasteiger partial charge in [0.1, 0.15) is 17.7 Å². The lowest BCUT2D eigenvalue weighted by Crippen LogP contribution is -2.35. The van der Waals surface area contributed by atoms with Crippen molar-refractivity contribution in [1.29, 1.82) is 0 Å². The Labute approximate surface area is 178 Å². The minimum absolute atomic E-state index is 0.0513. The van der Waals surface area contributed by atoms with Gasteiger partial charge in [0.2, 0.25) is 5.91 Å². The molecule has 1 aromatic heterocycles. The number of thiophene rings is 1. The maximum Gasteiger partial charge on any atom is 0.224 e. The van der Waals surface area contributed by atoms with Crippen molar-refractivity contribution in [3.63, 3.8) is 0 Å². The topological polar surface area (TPSA) is 55.4 Å². The predicted octanol–water partition coefficient (Wildman–Crippen LogP) is 4.73. The van der Waals surface area contributed by atoms with E-state index >= 15 is 0 Å². The Hall–Kier alpha value is -2.99. The first-order valence-electron chi connectivity index (χ1n) is 9.79. The van der Waals surface area contributed by atoms with Crippen LogP contribution in [-0.4, -0.2) is 24.3 Å². The molecule has 154 valence electrons. The third-order valence-electron chi connectivity index (χ3n) is 5.18. The molecular formula is C24H22FNO3S. The molecule has 0 bridgehead atoms. The number of benzene rings is 2. The number of fused-ring (bicyclic) bond motifs is 1. The van der Waals surface area contributed by atoms with Crippen LogP contribution in [-0.2, 0) is 17.6 Å². The van der Waals surface area contributed by atoms with E-state index in [-0.39, 0.29) is 17.8 Å². The highest BCUT2D eigenvalue weighted by Gasteiger charge is 2.28. The summed E-state index contributed by atoms with van der Waals surface area (Å²) >= 11 is 1.56. The average Bonchev–Trinajstić information content (AvgIpc) is 3.35. The molecule has 1 N–H and O–H groups in total. The van der Waals surface area contributed by atoms with E-state index in [1.165, 1.54) is 19.1 Å². The Bertz CT molecular complexity index is 1110. The third kappa shape index (κ3) is 4.28. The minimum Gasteiger partial charge on any atom is -0.487 e. The smallest absolute Gasteiger partial charge is 0.224 e. The molecule has 0 aliphatic carbocycles. The van der Waals surface area contributed by atoms with E-state index in [0.29, 0.717) is 41.8 Å². The second kappa shape index (κ2) is 8.40. The van der Waals surface area contributed by atoms with Gasteiger partial charge in [-0.2, -0.15) is 11.3 Å². The highest BCUT2D eigenvalue weighted by atomic mass is 32.1. The molecule has 2 heterocycles. The van der Waals surface area contributed by atoms with Gasteiger partial charge in [0, 0.05) is 23.1 Å². The molecule has 0 saturated carbocycles. The lowest BCUT2D eigenvalue weighted by atomic mass is 9.95. The van der Waals surface area contributed by atoms with Crippen molar-refractivity contribution in [2.75, 3.05) is 6.54 Å². The summed E-state index contributed by atoms with van der Waals surface area (Å²) in [6.07, 6.45) is 0.763. The molecule has 1 aliphatic heterocycles. The van der Waals surface area contributed by atoms with Crippen molar-refractivity contribution >= 4 is 23.0 Å². The SMILES string of the molecule is CC(=O)c1ccc(F)c(-c2cc(C)cc3c2OC(CNC(=O)Cc2ccsc2)C3)c1. The summed E-state index contributed by atoms with van der Waals surface area (Å²) in [6.45, 7) is 3.79. The summed E-state index contributed by atoms with van der Waals surface area (Å²) in [5, 5.41) is 6.84. The Kier molecular flexibility index (Phi) is 5.68. The number of rotatable bonds is 6. The van der Waals surface area contributed by atoms with Crippen LogP contribution < -0.4 is 10.1 Å². The number of hydrogen-bond donors (Lipinski definition) is 1. The molecular weight excluding hydrogens is 401 g/mol. The summed E-state index contributed by atoms with van der Waals surface area (Å²) < 4.78 is 20.8. The van der Waals surface area contributed by atoms with Crippen LogP contribution in [0.15, 0.2) is 47.2 Å². The number of ketones is 1. The highest BCUT2D eigenvalue weighted by molar-refractivity contribution is 7.08. The normalized spacial score (nSPS) is 14.8. The molecule has 1 unspecified atom stereocenters. The van der Waals surface area contributed by atoms with E-state index in [1.807, 2.05) is 35.9 Å². The largest absolute Gasteiger partial charge is 0.487 e. The Balaban J connectivity index is 1.53. The van der Waals surface area contributed by atoms with Crippen molar-refractivity contribution in [3.05, 3.63) is 75.2 Å². The van der Waals surface area contributed by atoms with Crippen molar-refractivity contribution < 1.29 is 18.7 Å². The van der Waals surface area contributed by atoms with Crippen LogP contribution in [0.5, 0.6) is 5.75 Å². The fourth-order valence-corrected chi connectivity index (χ4v) is 4.39. The van der Waals surface area contributed by atoms with Crippen LogP contribution in [0.25, 0.3) is 11.1 Å². The zero-order valence-electron chi connectivity index (χ0n) is 16.8. The van der Waals surface area contributed by atoms with Gasteiger partial charge in [0.15, 0.2) is 5.78 Å². The van der Waals surface area contributed by atoms with Gasteiger partial charge >= 0.3 is 0 Å². The monoisotopic (exact) mass is 423 g/mol. The molecule has 1 aliphatic rings. The van der Waals surface area contributed by atoms with Crippen LogP contribution >= 0.6 is 11.3 Å². The van der Waals surface area contributed by atoms with Crippen molar-refractivity contribution in [3.8, 4) is 16.9 Å². The minimum atomic E-state index is -0.399. The summed E-state index contributed by atoms with van der Waals surface area (Å²) in [6, 6.07) is 10.2. The van der Waals surface area contributed by atoms with Gasteiger partial charge in [0.05, 0.1) is 13.0 Å². The van der Waals surface area contributed by atoms with E-state index in [0.717, 1.165) is 16.7 Å². The zero-order valence-corrected chi connectivity index (χ0v) is 17.6. The van der Waals surface area contributed by atoms with Crippen molar-refractivity contribution in [1.82, 2.24) is 5.32 Å². The van der Waals surface area contributed by atoms with E-state index in [4.69, 9.17) is 4.74 Å². The van der Waals surface area contributed by atoms with Crippen LogP contribution in [0.3, 0.4) is 0 Å². The molecule has 0 saturated heterocycles. The molecule has 30 heavy (non-hydrogen) atoms. The van der Waals surface area contributed by atoms with Crippen LogP contribution in [0, 0.1) is 12.7 Å². The summed E-state index contributed by atoms with van der Waals surface area (Å²) in [5.74, 6) is 0.0541. The first kappa shape index (κ1) is 20.3. The number of aryl methyl sites for hydroxylation is 1. The number of Topliss-reactive ketones (excluding diaryl/α,β-unsaturated/α-hetero) is 1. The molecule has 4 rings (SSSR count). The number of carbonyl (C=O) groups is 2. The summed E-state index contributed by atoms with van der Waals surface area (Å²) in [7, 11) is 0. The van der Waals surface area contributed by atoms with Gasteiger partial charge in [0.25, 0.3) is 0 Å². The zero-order chi connectivity index (χ0) is 21.3. The second-order valence-corrected chi connectivity index (χ2v) is 8.39. The first-order valence-corrected chi connectivity index (χ1v) is 10.7. The molecule has 0 radical (unpaired) electrons. The number of carbonyl (C=O) groups excluding carboxylic acids is 2. The fraction of sp³-hybridized carbons (Fsp3) is 0.250. The molecule has 1 amide bonds. The van der Waals surface area contributed by atoms with Crippen LogP contribution in [0.2, 0.25) is 0 Å².